The third kappa shape index (κ3) is 3.73. The number of carbonyl (C=O) groups is 1. The van der Waals surface area contributed by atoms with Crippen LogP contribution in [0.1, 0.15) is 40.2 Å². The van der Waals surface area contributed by atoms with E-state index in [0.29, 0.717) is 24.5 Å². The Morgan fingerprint density at radius 2 is 2.07 bits per heavy atom. The molecule has 5 rings (SSSR count). The summed E-state index contributed by atoms with van der Waals surface area (Å²) in [6.45, 7) is 1.52. The lowest BCUT2D eigenvalue weighted by atomic mass is 10.00. The highest BCUT2D eigenvalue weighted by Gasteiger charge is 2.22. The van der Waals surface area contributed by atoms with Crippen molar-refractivity contribution in [3.8, 4) is 0 Å². The Kier molecular flexibility index (Phi) is 5.18. The van der Waals surface area contributed by atoms with Gasteiger partial charge in [0.15, 0.2) is 0 Å². The third-order valence-electron chi connectivity index (χ3n) is 5.81. The normalized spacial score (nSPS) is 15.5. The van der Waals surface area contributed by atoms with Crippen LogP contribution < -0.4 is 5.56 Å². The SMILES string of the molecule is O=C(CCSCc1nc2sc3c(c2c(=O)[nH]1)CCC3)N1CCc2ccccc2C1. The molecule has 0 saturated carbocycles. The smallest absolute Gasteiger partial charge is 0.259 e. The summed E-state index contributed by atoms with van der Waals surface area (Å²) < 4.78 is 0. The molecule has 150 valence electrons. The first kappa shape index (κ1) is 18.9. The van der Waals surface area contributed by atoms with Crippen molar-refractivity contribution in [2.75, 3.05) is 12.3 Å². The summed E-state index contributed by atoms with van der Waals surface area (Å²) in [6, 6.07) is 8.37. The molecule has 3 heterocycles. The maximum absolute atomic E-state index is 12.6. The van der Waals surface area contributed by atoms with Crippen LogP contribution in [-0.4, -0.2) is 33.1 Å². The topological polar surface area (TPSA) is 66.1 Å². The average molecular weight is 426 g/mol. The zero-order valence-corrected chi connectivity index (χ0v) is 17.8. The first-order chi connectivity index (χ1) is 14.2. The minimum atomic E-state index is -0.00643. The van der Waals surface area contributed by atoms with E-state index in [2.05, 4.69) is 28.2 Å². The van der Waals surface area contributed by atoms with Crippen LogP contribution in [0.4, 0.5) is 0 Å². The number of aromatic amines is 1. The van der Waals surface area contributed by atoms with E-state index in [1.165, 1.54) is 21.6 Å². The Morgan fingerprint density at radius 3 is 2.97 bits per heavy atom. The molecular weight excluding hydrogens is 402 g/mol. The van der Waals surface area contributed by atoms with Crippen LogP contribution >= 0.6 is 23.1 Å². The Morgan fingerprint density at radius 1 is 1.21 bits per heavy atom. The van der Waals surface area contributed by atoms with E-state index in [0.717, 1.165) is 48.2 Å². The van der Waals surface area contributed by atoms with Crippen LogP contribution in [0.3, 0.4) is 0 Å². The number of amides is 1. The summed E-state index contributed by atoms with van der Waals surface area (Å²) in [4.78, 5) is 36.9. The fraction of sp³-hybridized carbons (Fsp3) is 0.409. The maximum Gasteiger partial charge on any atom is 0.259 e. The summed E-state index contributed by atoms with van der Waals surface area (Å²) in [7, 11) is 0. The van der Waals surface area contributed by atoms with Gasteiger partial charge in [0.1, 0.15) is 10.7 Å². The fourth-order valence-electron chi connectivity index (χ4n) is 4.31. The van der Waals surface area contributed by atoms with Crippen molar-refractivity contribution in [3.05, 3.63) is 62.0 Å². The number of carbonyl (C=O) groups excluding carboxylic acids is 1. The number of thiophene rings is 1. The number of hydrogen-bond donors (Lipinski definition) is 1. The molecule has 0 fully saturated rings. The summed E-state index contributed by atoms with van der Waals surface area (Å²) in [5, 5.41) is 0.803. The van der Waals surface area contributed by atoms with E-state index in [9.17, 15) is 9.59 Å². The molecule has 2 aromatic heterocycles. The molecule has 29 heavy (non-hydrogen) atoms. The highest BCUT2D eigenvalue weighted by atomic mass is 32.2. The molecule has 1 amide bonds. The summed E-state index contributed by atoms with van der Waals surface area (Å²) >= 11 is 3.33. The number of thioether (sulfide) groups is 1. The van der Waals surface area contributed by atoms with Crippen LogP contribution in [0.2, 0.25) is 0 Å². The molecule has 0 unspecified atom stereocenters. The standard InChI is InChI=1S/C22H23N3O2S2/c26-19(25-10-8-14-4-1-2-5-15(14)12-25)9-11-28-13-18-23-21(27)20-16-6-3-7-17(16)29-22(20)24-18/h1-2,4-5H,3,6-13H2,(H,23,24,27). The lowest BCUT2D eigenvalue weighted by Gasteiger charge is -2.28. The summed E-state index contributed by atoms with van der Waals surface area (Å²) in [6.07, 6.45) is 4.67. The van der Waals surface area contributed by atoms with E-state index < -0.39 is 0 Å². The van der Waals surface area contributed by atoms with Crippen molar-refractivity contribution in [1.82, 2.24) is 14.9 Å². The van der Waals surface area contributed by atoms with E-state index in [-0.39, 0.29) is 11.5 Å². The van der Waals surface area contributed by atoms with Gasteiger partial charge in [-0.2, -0.15) is 11.8 Å². The van der Waals surface area contributed by atoms with Gasteiger partial charge in [0.2, 0.25) is 5.91 Å². The predicted molar refractivity (Wildman–Crippen MR) is 119 cm³/mol. The summed E-state index contributed by atoms with van der Waals surface area (Å²) in [5.74, 6) is 2.29. The fourth-order valence-corrected chi connectivity index (χ4v) is 6.38. The van der Waals surface area contributed by atoms with Crippen molar-refractivity contribution in [2.24, 2.45) is 0 Å². The minimum Gasteiger partial charge on any atom is -0.338 e. The zero-order chi connectivity index (χ0) is 19.8. The van der Waals surface area contributed by atoms with E-state index in [1.54, 1.807) is 23.1 Å². The van der Waals surface area contributed by atoms with Crippen molar-refractivity contribution in [2.45, 2.75) is 44.4 Å². The van der Waals surface area contributed by atoms with Gasteiger partial charge in [-0.15, -0.1) is 11.3 Å². The average Bonchev–Trinajstić information content (AvgIpc) is 3.31. The molecule has 3 aromatic rings. The zero-order valence-electron chi connectivity index (χ0n) is 16.2. The molecule has 1 aromatic carbocycles. The molecule has 1 aliphatic heterocycles. The van der Waals surface area contributed by atoms with Crippen LogP contribution in [-0.2, 0) is 36.4 Å². The van der Waals surface area contributed by atoms with Gasteiger partial charge >= 0.3 is 0 Å². The monoisotopic (exact) mass is 425 g/mol. The first-order valence-corrected chi connectivity index (χ1v) is 12.1. The Hall–Kier alpha value is -2.12. The van der Waals surface area contributed by atoms with Crippen LogP contribution in [0.15, 0.2) is 29.1 Å². The van der Waals surface area contributed by atoms with Crippen LogP contribution in [0.5, 0.6) is 0 Å². The van der Waals surface area contributed by atoms with Gasteiger partial charge in [0.05, 0.1) is 11.1 Å². The molecular formula is C22H23N3O2S2. The van der Waals surface area contributed by atoms with E-state index in [4.69, 9.17) is 0 Å². The van der Waals surface area contributed by atoms with Crippen molar-refractivity contribution >= 4 is 39.2 Å². The van der Waals surface area contributed by atoms with Gasteiger partial charge in [0, 0.05) is 30.1 Å². The number of fused-ring (bicyclic) bond motifs is 4. The number of nitrogens with one attached hydrogen (secondary N) is 1. The Labute approximate surface area is 177 Å². The van der Waals surface area contributed by atoms with Crippen LogP contribution in [0.25, 0.3) is 10.2 Å². The number of nitrogens with zero attached hydrogens (tertiary/aromatic N) is 2. The second kappa shape index (κ2) is 7.95. The molecule has 5 nitrogen and oxygen atoms in total. The van der Waals surface area contributed by atoms with Gasteiger partial charge in [-0.25, -0.2) is 4.98 Å². The molecule has 7 heteroatoms. The number of rotatable bonds is 5. The van der Waals surface area contributed by atoms with Gasteiger partial charge in [-0.1, -0.05) is 24.3 Å². The third-order valence-corrected chi connectivity index (χ3v) is 7.96. The molecule has 0 atom stereocenters. The second-order valence-corrected chi connectivity index (χ2v) is 9.88. The molecule has 0 spiro atoms. The quantitative estimate of drug-likeness (QED) is 0.633. The molecule has 2 aliphatic rings. The number of hydrogen-bond acceptors (Lipinski definition) is 5. The number of H-pyrrole nitrogens is 1. The Bertz CT molecular complexity index is 1130. The van der Waals surface area contributed by atoms with Gasteiger partial charge in [0.25, 0.3) is 5.56 Å². The lowest BCUT2D eigenvalue weighted by molar-refractivity contribution is -0.131. The number of benzene rings is 1. The first-order valence-electron chi connectivity index (χ1n) is 10.1. The van der Waals surface area contributed by atoms with E-state index in [1.807, 2.05) is 11.0 Å². The maximum atomic E-state index is 12.6. The van der Waals surface area contributed by atoms with Crippen molar-refractivity contribution in [3.63, 3.8) is 0 Å². The number of aryl methyl sites for hydroxylation is 2. The van der Waals surface area contributed by atoms with Crippen LogP contribution in [0, 0.1) is 0 Å². The summed E-state index contributed by atoms with van der Waals surface area (Å²) in [5.41, 5.74) is 3.83. The Balaban J connectivity index is 1.16. The predicted octanol–water partition coefficient (Wildman–Crippen LogP) is 3.68. The van der Waals surface area contributed by atoms with E-state index >= 15 is 0 Å². The second-order valence-electron chi connectivity index (χ2n) is 7.69. The van der Waals surface area contributed by atoms with Crippen molar-refractivity contribution < 1.29 is 4.79 Å². The largest absolute Gasteiger partial charge is 0.338 e. The highest BCUT2D eigenvalue weighted by molar-refractivity contribution is 7.98. The number of aromatic nitrogens is 2. The molecule has 0 radical (unpaired) electrons. The highest BCUT2D eigenvalue weighted by Crippen LogP contribution is 2.34. The van der Waals surface area contributed by atoms with Crippen molar-refractivity contribution in [1.29, 1.82) is 0 Å². The molecule has 0 bridgehead atoms. The van der Waals surface area contributed by atoms with Gasteiger partial charge < -0.3 is 9.88 Å². The van der Waals surface area contributed by atoms with Gasteiger partial charge in [-0.3, -0.25) is 9.59 Å². The molecule has 1 N–H and O–H groups in total. The molecule has 0 saturated heterocycles. The lowest BCUT2D eigenvalue weighted by Crippen LogP contribution is -2.36. The molecule has 1 aliphatic carbocycles. The van der Waals surface area contributed by atoms with Gasteiger partial charge in [-0.05, 0) is 42.4 Å². The minimum absolute atomic E-state index is 0.00643.